The van der Waals surface area contributed by atoms with Crippen LogP contribution < -0.4 is 0 Å². The lowest BCUT2D eigenvalue weighted by Gasteiger charge is -2.12. The summed E-state index contributed by atoms with van der Waals surface area (Å²) in [6.07, 6.45) is -1.67. The van der Waals surface area contributed by atoms with E-state index < -0.39 is 24.1 Å². The Morgan fingerprint density at radius 3 is 2.27 bits per heavy atom. The molecule has 0 heterocycles. The van der Waals surface area contributed by atoms with Gasteiger partial charge in [0.2, 0.25) is 0 Å². The summed E-state index contributed by atoms with van der Waals surface area (Å²) in [4.78, 5) is 21.2. The molecule has 0 aromatic carbocycles. The first kappa shape index (κ1) is 13.9. The predicted molar refractivity (Wildman–Crippen MR) is 50.1 cm³/mol. The van der Waals surface area contributed by atoms with Gasteiger partial charge in [0.1, 0.15) is 0 Å². The van der Waals surface area contributed by atoms with Crippen LogP contribution in [0.15, 0.2) is 0 Å². The summed E-state index contributed by atoms with van der Waals surface area (Å²) in [5.41, 5.74) is 0. The summed E-state index contributed by atoms with van der Waals surface area (Å²) in [5.74, 6) is -2.77. The van der Waals surface area contributed by atoms with E-state index in [9.17, 15) is 9.59 Å². The molecule has 0 spiro atoms. The van der Waals surface area contributed by atoms with Crippen LogP contribution in [-0.4, -0.2) is 46.1 Å². The first-order chi connectivity index (χ1) is 7.00. The van der Waals surface area contributed by atoms with Crippen molar-refractivity contribution >= 4 is 11.9 Å². The maximum atomic E-state index is 11.0. The van der Waals surface area contributed by atoms with Gasteiger partial charge in [0.25, 0.3) is 0 Å². The van der Waals surface area contributed by atoms with Gasteiger partial charge in [-0.1, -0.05) is 19.8 Å². The second-order valence-electron chi connectivity index (χ2n) is 3.10. The lowest BCUT2D eigenvalue weighted by molar-refractivity contribution is -0.169. The van der Waals surface area contributed by atoms with Crippen molar-refractivity contribution in [3.8, 4) is 0 Å². The molecular formula is C9H16O6. The molecule has 0 amide bonds. The van der Waals surface area contributed by atoms with Crippen molar-refractivity contribution in [2.24, 2.45) is 0 Å². The fourth-order valence-corrected chi connectivity index (χ4v) is 0.874. The zero-order valence-corrected chi connectivity index (χ0v) is 8.55. The van der Waals surface area contributed by atoms with E-state index in [-0.39, 0.29) is 6.61 Å². The zero-order chi connectivity index (χ0) is 11.8. The van der Waals surface area contributed by atoms with Crippen molar-refractivity contribution in [3.05, 3.63) is 0 Å². The lowest BCUT2D eigenvalue weighted by atomic mass is 10.2. The van der Waals surface area contributed by atoms with Gasteiger partial charge < -0.3 is 20.1 Å². The van der Waals surface area contributed by atoms with Gasteiger partial charge in [0.05, 0.1) is 6.61 Å². The molecular weight excluding hydrogens is 204 g/mol. The molecule has 3 N–H and O–H groups in total. The first-order valence-electron chi connectivity index (χ1n) is 4.76. The monoisotopic (exact) mass is 220 g/mol. The number of carbonyl (C=O) groups excluding carboxylic acids is 1. The number of carbonyl (C=O) groups is 2. The number of esters is 1. The van der Waals surface area contributed by atoms with Gasteiger partial charge in [-0.15, -0.1) is 0 Å². The normalized spacial score (nSPS) is 14.3. The number of hydrogen-bond donors (Lipinski definition) is 3. The zero-order valence-electron chi connectivity index (χ0n) is 8.55. The van der Waals surface area contributed by atoms with E-state index in [1.165, 1.54) is 0 Å². The highest BCUT2D eigenvalue weighted by Crippen LogP contribution is 2.00. The number of carboxylic acid groups (broad SMARTS) is 1. The predicted octanol–water partition coefficient (Wildman–Crippen LogP) is -0.474. The van der Waals surface area contributed by atoms with E-state index in [4.69, 9.17) is 15.3 Å². The summed E-state index contributed by atoms with van der Waals surface area (Å²) >= 11 is 0. The Morgan fingerprint density at radius 1 is 1.20 bits per heavy atom. The topological polar surface area (TPSA) is 104 Å². The Hall–Kier alpha value is -1.14. The maximum absolute atomic E-state index is 11.0. The summed E-state index contributed by atoms with van der Waals surface area (Å²) < 4.78 is 4.56. The van der Waals surface area contributed by atoms with Gasteiger partial charge in [-0.25, -0.2) is 9.59 Å². The number of aliphatic hydroxyl groups excluding tert-OH is 2. The molecule has 0 saturated heterocycles. The van der Waals surface area contributed by atoms with Crippen LogP contribution in [0.5, 0.6) is 0 Å². The second kappa shape index (κ2) is 7.19. The standard InChI is InChI=1S/C9H16O6/c1-2-3-4-5-15-9(14)7(11)6(10)8(12)13/h6-7,10-11H,2-5H2,1H3,(H,12,13)/t6-,7-/m1/s1. The Bertz CT molecular complexity index is 215. The molecule has 6 heteroatoms. The molecule has 0 aromatic rings. The number of aliphatic hydroxyl groups is 2. The highest BCUT2D eigenvalue weighted by Gasteiger charge is 2.31. The Labute approximate surface area is 87.5 Å². The van der Waals surface area contributed by atoms with Crippen LogP contribution in [0.3, 0.4) is 0 Å². The van der Waals surface area contributed by atoms with Gasteiger partial charge in [-0.05, 0) is 6.42 Å². The van der Waals surface area contributed by atoms with Crippen molar-refractivity contribution in [1.82, 2.24) is 0 Å². The number of hydrogen-bond acceptors (Lipinski definition) is 5. The first-order valence-corrected chi connectivity index (χ1v) is 4.76. The Balaban J connectivity index is 3.84. The van der Waals surface area contributed by atoms with Gasteiger partial charge >= 0.3 is 11.9 Å². The van der Waals surface area contributed by atoms with E-state index in [1.54, 1.807) is 0 Å². The van der Waals surface area contributed by atoms with Gasteiger partial charge in [-0.2, -0.15) is 0 Å². The van der Waals surface area contributed by atoms with Gasteiger partial charge in [0, 0.05) is 0 Å². The highest BCUT2D eigenvalue weighted by molar-refractivity contribution is 5.84. The average Bonchev–Trinajstić information content (AvgIpc) is 2.21. The summed E-state index contributed by atoms with van der Waals surface area (Å²) in [7, 11) is 0. The smallest absolute Gasteiger partial charge is 0.338 e. The van der Waals surface area contributed by atoms with Crippen molar-refractivity contribution < 1.29 is 29.6 Å². The van der Waals surface area contributed by atoms with E-state index in [0.717, 1.165) is 12.8 Å². The third-order valence-electron chi connectivity index (χ3n) is 1.79. The van der Waals surface area contributed by atoms with Crippen LogP contribution in [-0.2, 0) is 14.3 Å². The molecule has 0 fully saturated rings. The minimum absolute atomic E-state index is 0.121. The molecule has 0 radical (unpaired) electrons. The van der Waals surface area contributed by atoms with Crippen molar-refractivity contribution in [1.29, 1.82) is 0 Å². The summed E-state index contributed by atoms with van der Waals surface area (Å²) in [5, 5.41) is 26.1. The molecule has 6 nitrogen and oxygen atoms in total. The lowest BCUT2D eigenvalue weighted by Crippen LogP contribution is -2.40. The van der Waals surface area contributed by atoms with Crippen LogP contribution in [0.25, 0.3) is 0 Å². The summed E-state index contributed by atoms with van der Waals surface area (Å²) in [6.45, 7) is 2.10. The molecule has 0 bridgehead atoms. The molecule has 0 aromatic heterocycles. The van der Waals surface area contributed by atoms with Crippen LogP contribution in [0.2, 0.25) is 0 Å². The van der Waals surface area contributed by atoms with Crippen molar-refractivity contribution in [3.63, 3.8) is 0 Å². The van der Waals surface area contributed by atoms with E-state index in [2.05, 4.69) is 4.74 Å². The third kappa shape index (κ3) is 5.34. The maximum Gasteiger partial charge on any atom is 0.338 e. The molecule has 0 unspecified atom stereocenters. The molecule has 0 rings (SSSR count). The van der Waals surface area contributed by atoms with E-state index >= 15 is 0 Å². The quantitative estimate of drug-likeness (QED) is 0.395. The number of carboxylic acids is 1. The van der Waals surface area contributed by atoms with Crippen molar-refractivity contribution in [2.45, 2.75) is 38.4 Å². The van der Waals surface area contributed by atoms with Crippen LogP contribution in [0.4, 0.5) is 0 Å². The highest BCUT2D eigenvalue weighted by atomic mass is 16.5. The number of rotatable bonds is 7. The van der Waals surface area contributed by atoms with E-state index in [0.29, 0.717) is 6.42 Å². The summed E-state index contributed by atoms with van der Waals surface area (Å²) in [6, 6.07) is 0. The number of unbranched alkanes of at least 4 members (excludes halogenated alkanes) is 2. The molecule has 0 aliphatic carbocycles. The molecule has 88 valence electrons. The second-order valence-corrected chi connectivity index (χ2v) is 3.10. The SMILES string of the molecule is CCCCCOC(=O)[C@H](O)[C@@H](O)C(=O)O. The fraction of sp³-hybridized carbons (Fsp3) is 0.778. The molecule has 2 atom stereocenters. The average molecular weight is 220 g/mol. The van der Waals surface area contributed by atoms with Gasteiger partial charge in [-0.3, -0.25) is 0 Å². The molecule has 0 saturated carbocycles. The van der Waals surface area contributed by atoms with Gasteiger partial charge in [0.15, 0.2) is 12.2 Å². The van der Waals surface area contributed by atoms with Crippen LogP contribution in [0.1, 0.15) is 26.2 Å². The Morgan fingerprint density at radius 2 is 1.80 bits per heavy atom. The molecule has 15 heavy (non-hydrogen) atoms. The fourth-order valence-electron chi connectivity index (χ4n) is 0.874. The third-order valence-corrected chi connectivity index (χ3v) is 1.79. The van der Waals surface area contributed by atoms with Crippen LogP contribution in [0, 0.1) is 0 Å². The molecule has 0 aliphatic heterocycles. The van der Waals surface area contributed by atoms with E-state index in [1.807, 2.05) is 6.92 Å². The number of aliphatic carboxylic acids is 1. The van der Waals surface area contributed by atoms with Crippen molar-refractivity contribution in [2.75, 3.05) is 6.61 Å². The largest absolute Gasteiger partial charge is 0.479 e. The minimum atomic E-state index is -2.14. The Kier molecular flexibility index (Phi) is 6.64. The van der Waals surface area contributed by atoms with Crippen LogP contribution >= 0.6 is 0 Å². The number of ether oxygens (including phenoxy) is 1. The minimum Gasteiger partial charge on any atom is -0.479 e. The molecule has 0 aliphatic rings.